The highest BCUT2D eigenvalue weighted by molar-refractivity contribution is 7.89. The van der Waals surface area contributed by atoms with Crippen LogP contribution in [0.3, 0.4) is 0 Å². The van der Waals surface area contributed by atoms with Gasteiger partial charge in [-0.25, -0.2) is 13.1 Å². The van der Waals surface area contributed by atoms with Crippen LogP contribution in [0.1, 0.15) is 30.4 Å². The van der Waals surface area contributed by atoms with Crippen LogP contribution < -0.4 is 4.72 Å². The van der Waals surface area contributed by atoms with Crippen molar-refractivity contribution >= 4 is 10.0 Å². The van der Waals surface area contributed by atoms with Crippen LogP contribution in [0.15, 0.2) is 23.1 Å². The second-order valence-corrected chi connectivity index (χ2v) is 7.39. The lowest BCUT2D eigenvalue weighted by Crippen LogP contribution is -2.38. The largest absolute Gasteiger partial charge is 0.393 e. The fourth-order valence-corrected chi connectivity index (χ4v) is 4.06. The van der Waals surface area contributed by atoms with Crippen LogP contribution in [-0.2, 0) is 22.9 Å². The molecule has 0 amide bonds. The number of hydrogen-bond acceptors (Lipinski definition) is 3. The van der Waals surface area contributed by atoms with E-state index in [-0.39, 0.29) is 12.0 Å². The van der Waals surface area contributed by atoms with E-state index in [0.29, 0.717) is 24.3 Å². The molecule has 19 heavy (non-hydrogen) atoms. The van der Waals surface area contributed by atoms with Crippen LogP contribution in [0, 0.1) is 5.92 Å². The third kappa shape index (κ3) is 2.68. The molecule has 0 saturated heterocycles. The third-order valence-corrected chi connectivity index (χ3v) is 5.57. The molecule has 0 aliphatic heterocycles. The molecule has 2 aliphatic rings. The van der Waals surface area contributed by atoms with Crippen LogP contribution in [0.4, 0.5) is 0 Å². The molecule has 2 aliphatic carbocycles. The molecular weight excluding hydrogens is 262 g/mol. The molecule has 3 rings (SSSR count). The van der Waals surface area contributed by atoms with Crippen molar-refractivity contribution in [2.45, 2.75) is 43.1 Å². The van der Waals surface area contributed by atoms with Gasteiger partial charge in [-0.1, -0.05) is 6.07 Å². The zero-order valence-corrected chi connectivity index (χ0v) is 11.6. The van der Waals surface area contributed by atoms with Crippen molar-refractivity contribution in [3.8, 4) is 0 Å². The highest BCUT2D eigenvalue weighted by atomic mass is 32.2. The number of aryl methyl sites for hydroxylation is 2. The standard InChI is InChI=1S/C14H19NO3S/c16-13-6-10(7-13)9-15-19(17,18)14-5-4-11-2-1-3-12(11)8-14/h4-5,8,10,13,15-16H,1-3,6-7,9H2. The minimum Gasteiger partial charge on any atom is -0.393 e. The summed E-state index contributed by atoms with van der Waals surface area (Å²) >= 11 is 0. The molecule has 1 fully saturated rings. The molecule has 0 unspecified atom stereocenters. The van der Waals surface area contributed by atoms with Crippen molar-refractivity contribution in [2.24, 2.45) is 5.92 Å². The first-order valence-electron chi connectivity index (χ1n) is 6.84. The average molecular weight is 281 g/mol. The third-order valence-electron chi connectivity index (χ3n) is 4.15. The molecule has 0 aromatic heterocycles. The maximum Gasteiger partial charge on any atom is 0.240 e. The first kappa shape index (κ1) is 13.1. The summed E-state index contributed by atoms with van der Waals surface area (Å²) in [6.07, 6.45) is 4.32. The first-order chi connectivity index (χ1) is 9.04. The molecule has 1 aromatic carbocycles. The monoisotopic (exact) mass is 281 g/mol. The van der Waals surface area contributed by atoms with Crippen LogP contribution in [0.5, 0.6) is 0 Å². The summed E-state index contributed by atoms with van der Waals surface area (Å²) in [6, 6.07) is 5.44. The Morgan fingerprint density at radius 2 is 1.95 bits per heavy atom. The lowest BCUT2D eigenvalue weighted by Gasteiger charge is -2.31. The van der Waals surface area contributed by atoms with Gasteiger partial charge in [-0.2, -0.15) is 0 Å². The van der Waals surface area contributed by atoms with Gasteiger partial charge in [0.1, 0.15) is 0 Å². The van der Waals surface area contributed by atoms with Crippen molar-refractivity contribution < 1.29 is 13.5 Å². The number of aliphatic hydroxyl groups excluding tert-OH is 1. The number of rotatable bonds is 4. The Balaban J connectivity index is 1.69. The fraction of sp³-hybridized carbons (Fsp3) is 0.571. The van der Waals surface area contributed by atoms with Gasteiger partial charge in [0.05, 0.1) is 11.0 Å². The van der Waals surface area contributed by atoms with E-state index in [4.69, 9.17) is 0 Å². The number of aliphatic hydroxyl groups is 1. The Bertz CT molecular complexity index is 576. The van der Waals surface area contributed by atoms with E-state index in [1.54, 1.807) is 12.1 Å². The molecule has 0 spiro atoms. The maximum absolute atomic E-state index is 12.2. The van der Waals surface area contributed by atoms with Crippen LogP contribution in [0.2, 0.25) is 0 Å². The van der Waals surface area contributed by atoms with E-state index in [1.807, 2.05) is 6.07 Å². The van der Waals surface area contributed by atoms with Gasteiger partial charge >= 0.3 is 0 Å². The quantitative estimate of drug-likeness (QED) is 0.872. The van der Waals surface area contributed by atoms with Crippen molar-refractivity contribution in [3.05, 3.63) is 29.3 Å². The Morgan fingerprint density at radius 1 is 1.21 bits per heavy atom. The van der Waals surface area contributed by atoms with Gasteiger partial charge in [-0.3, -0.25) is 0 Å². The lowest BCUT2D eigenvalue weighted by atomic mass is 9.83. The van der Waals surface area contributed by atoms with E-state index in [9.17, 15) is 13.5 Å². The summed E-state index contributed by atoms with van der Waals surface area (Å²) in [5.41, 5.74) is 2.45. The Hall–Kier alpha value is -0.910. The smallest absolute Gasteiger partial charge is 0.240 e. The zero-order chi connectivity index (χ0) is 13.5. The molecule has 0 radical (unpaired) electrons. The predicted octanol–water partition coefficient (Wildman–Crippen LogP) is 1.22. The van der Waals surface area contributed by atoms with E-state index in [1.165, 1.54) is 11.1 Å². The summed E-state index contributed by atoms with van der Waals surface area (Å²) in [7, 11) is -3.40. The summed E-state index contributed by atoms with van der Waals surface area (Å²) in [5, 5.41) is 9.19. The van der Waals surface area contributed by atoms with Gasteiger partial charge in [-0.05, 0) is 61.3 Å². The minimum absolute atomic E-state index is 0.241. The van der Waals surface area contributed by atoms with E-state index in [2.05, 4.69) is 4.72 Å². The normalized spacial score (nSPS) is 25.9. The molecule has 0 bridgehead atoms. The molecule has 5 heteroatoms. The summed E-state index contributed by atoms with van der Waals surface area (Å²) in [6.45, 7) is 0.427. The van der Waals surface area contributed by atoms with Gasteiger partial charge in [0.25, 0.3) is 0 Å². The second kappa shape index (κ2) is 4.89. The number of fused-ring (bicyclic) bond motifs is 1. The molecular formula is C14H19NO3S. The fourth-order valence-electron chi connectivity index (χ4n) is 2.89. The molecule has 1 saturated carbocycles. The SMILES string of the molecule is O=S(=O)(NCC1CC(O)C1)c1ccc2c(c1)CCC2. The number of benzene rings is 1. The molecule has 0 heterocycles. The van der Waals surface area contributed by atoms with E-state index < -0.39 is 10.0 Å². The van der Waals surface area contributed by atoms with Crippen molar-refractivity contribution in [3.63, 3.8) is 0 Å². The number of hydrogen-bond donors (Lipinski definition) is 2. The predicted molar refractivity (Wildman–Crippen MR) is 72.4 cm³/mol. The molecule has 4 nitrogen and oxygen atoms in total. The zero-order valence-electron chi connectivity index (χ0n) is 10.8. The maximum atomic E-state index is 12.2. The van der Waals surface area contributed by atoms with E-state index >= 15 is 0 Å². The summed E-state index contributed by atoms with van der Waals surface area (Å²) in [5.74, 6) is 0.277. The van der Waals surface area contributed by atoms with Gasteiger partial charge in [0.15, 0.2) is 0 Å². The minimum atomic E-state index is -3.40. The van der Waals surface area contributed by atoms with E-state index in [0.717, 1.165) is 19.3 Å². The summed E-state index contributed by atoms with van der Waals surface area (Å²) < 4.78 is 27.0. The molecule has 0 atom stereocenters. The molecule has 1 aromatic rings. The topological polar surface area (TPSA) is 66.4 Å². The second-order valence-electron chi connectivity index (χ2n) is 5.63. The van der Waals surface area contributed by atoms with Crippen LogP contribution >= 0.6 is 0 Å². The number of sulfonamides is 1. The Labute approximate surface area is 113 Å². The Morgan fingerprint density at radius 3 is 2.68 bits per heavy atom. The Kier molecular flexibility index (Phi) is 3.37. The summed E-state index contributed by atoms with van der Waals surface area (Å²) in [4.78, 5) is 0.369. The highest BCUT2D eigenvalue weighted by Crippen LogP contribution is 2.27. The molecule has 2 N–H and O–H groups in total. The van der Waals surface area contributed by atoms with Gasteiger partial charge in [0.2, 0.25) is 10.0 Å². The average Bonchev–Trinajstić information content (AvgIpc) is 2.80. The lowest BCUT2D eigenvalue weighted by molar-refractivity contribution is 0.0453. The van der Waals surface area contributed by atoms with Gasteiger partial charge < -0.3 is 5.11 Å². The van der Waals surface area contributed by atoms with Crippen LogP contribution in [0.25, 0.3) is 0 Å². The first-order valence-corrected chi connectivity index (χ1v) is 8.32. The van der Waals surface area contributed by atoms with Crippen molar-refractivity contribution in [1.82, 2.24) is 4.72 Å². The van der Waals surface area contributed by atoms with Crippen molar-refractivity contribution in [2.75, 3.05) is 6.54 Å². The highest BCUT2D eigenvalue weighted by Gasteiger charge is 2.28. The van der Waals surface area contributed by atoms with Gasteiger partial charge in [0, 0.05) is 6.54 Å². The van der Waals surface area contributed by atoms with Gasteiger partial charge in [-0.15, -0.1) is 0 Å². The molecule has 104 valence electrons. The number of nitrogens with one attached hydrogen (secondary N) is 1. The van der Waals surface area contributed by atoms with Crippen molar-refractivity contribution in [1.29, 1.82) is 0 Å². The van der Waals surface area contributed by atoms with Crippen LogP contribution in [-0.4, -0.2) is 26.2 Å².